The topological polar surface area (TPSA) is 51.6 Å². The molecule has 96 valence electrons. The Labute approximate surface area is 123 Å². The SMILES string of the molecule is Cc1cnc(SCc2nc(Cl)c3ccsc3n2)nc1. The molecule has 0 radical (unpaired) electrons. The largest absolute Gasteiger partial charge is 0.231 e. The molecule has 0 atom stereocenters. The molecule has 0 fully saturated rings. The van der Waals surface area contributed by atoms with E-state index in [1.165, 1.54) is 11.8 Å². The lowest BCUT2D eigenvalue weighted by Crippen LogP contribution is -1.94. The maximum absolute atomic E-state index is 6.12. The van der Waals surface area contributed by atoms with Crippen LogP contribution in [0, 0.1) is 6.92 Å². The van der Waals surface area contributed by atoms with Gasteiger partial charge in [0.15, 0.2) is 5.16 Å². The third-order valence-electron chi connectivity index (χ3n) is 2.41. The summed E-state index contributed by atoms with van der Waals surface area (Å²) < 4.78 is 0. The van der Waals surface area contributed by atoms with E-state index in [0.29, 0.717) is 16.7 Å². The van der Waals surface area contributed by atoms with Gasteiger partial charge in [-0.3, -0.25) is 0 Å². The molecule has 0 amide bonds. The zero-order valence-electron chi connectivity index (χ0n) is 10.00. The molecule has 0 saturated carbocycles. The zero-order valence-corrected chi connectivity index (χ0v) is 12.4. The van der Waals surface area contributed by atoms with Gasteiger partial charge < -0.3 is 0 Å². The predicted octanol–water partition coefficient (Wildman–Crippen LogP) is 3.74. The van der Waals surface area contributed by atoms with E-state index in [1.807, 2.05) is 18.4 Å². The summed E-state index contributed by atoms with van der Waals surface area (Å²) in [4.78, 5) is 18.2. The van der Waals surface area contributed by atoms with E-state index in [4.69, 9.17) is 11.6 Å². The van der Waals surface area contributed by atoms with Crippen LogP contribution in [0.5, 0.6) is 0 Å². The molecule has 3 rings (SSSR count). The van der Waals surface area contributed by atoms with E-state index in [0.717, 1.165) is 20.9 Å². The smallest absolute Gasteiger partial charge is 0.187 e. The molecule has 3 aromatic heterocycles. The molecule has 0 bridgehead atoms. The Morgan fingerprint density at radius 1 is 1.26 bits per heavy atom. The van der Waals surface area contributed by atoms with Crippen LogP contribution in [0.4, 0.5) is 0 Å². The first-order chi connectivity index (χ1) is 9.22. The molecule has 0 unspecified atom stereocenters. The summed E-state index contributed by atoms with van der Waals surface area (Å²) in [6, 6.07) is 1.93. The van der Waals surface area contributed by atoms with Crippen molar-refractivity contribution in [2.75, 3.05) is 0 Å². The highest BCUT2D eigenvalue weighted by atomic mass is 35.5. The molecule has 4 nitrogen and oxygen atoms in total. The molecule has 0 aliphatic rings. The van der Waals surface area contributed by atoms with Crippen LogP contribution in [0.1, 0.15) is 11.4 Å². The second-order valence-corrected chi connectivity index (χ2v) is 6.10. The van der Waals surface area contributed by atoms with Gasteiger partial charge >= 0.3 is 0 Å². The molecule has 0 aliphatic heterocycles. The lowest BCUT2D eigenvalue weighted by molar-refractivity contribution is 0.945. The first-order valence-corrected chi connectivity index (χ1v) is 7.78. The van der Waals surface area contributed by atoms with Crippen molar-refractivity contribution < 1.29 is 0 Å². The van der Waals surface area contributed by atoms with Gasteiger partial charge in [0.1, 0.15) is 15.8 Å². The zero-order chi connectivity index (χ0) is 13.2. The highest BCUT2D eigenvalue weighted by Crippen LogP contribution is 2.26. The number of nitrogens with zero attached hydrogens (tertiary/aromatic N) is 4. The second kappa shape index (κ2) is 5.40. The number of thiophene rings is 1. The first-order valence-electron chi connectivity index (χ1n) is 5.53. The summed E-state index contributed by atoms with van der Waals surface area (Å²) >= 11 is 9.19. The number of rotatable bonds is 3. The summed E-state index contributed by atoms with van der Waals surface area (Å²) in [6.07, 6.45) is 3.59. The van der Waals surface area contributed by atoms with Crippen molar-refractivity contribution >= 4 is 44.9 Å². The molecule has 3 heterocycles. The summed E-state index contributed by atoms with van der Waals surface area (Å²) in [7, 11) is 0. The van der Waals surface area contributed by atoms with Gasteiger partial charge in [-0.05, 0) is 23.9 Å². The van der Waals surface area contributed by atoms with Crippen molar-refractivity contribution in [3.63, 3.8) is 0 Å². The fourth-order valence-electron chi connectivity index (χ4n) is 1.51. The Bertz CT molecular complexity index is 711. The molecular weight excluding hydrogens is 300 g/mol. The quantitative estimate of drug-likeness (QED) is 0.419. The molecular formula is C12H9ClN4S2. The number of hydrogen-bond donors (Lipinski definition) is 0. The Balaban J connectivity index is 1.79. The molecule has 0 aliphatic carbocycles. The number of hydrogen-bond acceptors (Lipinski definition) is 6. The van der Waals surface area contributed by atoms with Crippen molar-refractivity contribution in [3.8, 4) is 0 Å². The molecule has 0 aromatic carbocycles. The van der Waals surface area contributed by atoms with Gasteiger partial charge in [0.05, 0.1) is 5.75 Å². The first kappa shape index (κ1) is 12.8. The predicted molar refractivity (Wildman–Crippen MR) is 78.8 cm³/mol. The summed E-state index contributed by atoms with van der Waals surface area (Å²) in [5.74, 6) is 1.31. The van der Waals surface area contributed by atoms with Crippen LogP contribution in [0.3, 0.4) is 0 Å². The fourth-order valence-corrected chi connectivity index (χ4v) is 3.24. The Hall–Kier alpha value is -1.24. The second-order valence-electron chi connectivity index (χ2n) is 3.90. The van der Waals surface area contributed by atoms with E-state index in [2.05, 4.69) is 19.9 Å². The van der Waals surface area contributed by atoms with Gasteiger partial charge in [0.2, 0.25) is 0 Å². The fraction of sp³-hybridized carbons (Fsp3) is 0.167. The van der Waals surface area contributed by atoms with Crippen molar-refractivity contribution in [1.29, 1.82) is 0 Å². The minimum Gasteiger partial charge on any atom is -0.231 e. The Morgan fingerprint density at radius 3 is 2.84 bits per heavy atom. The lowest BCUT2D eigenvalue weighted by Gasteiger charge is -2.01. The normalized spacial score (nSPS) is 11.1. The average molecular weight is 309 g/mol. The molecule has 0 N–H and O–H groups in total. The van der Waals surface area contributed by atoms with Gasteiger partial charge in [-0.15, -0.1) is 11.3 Å². The minimum absolute atomic E-state index is 0.506. The number of aromatic nitrogens is 4. The van der Waals surface area contributed by atoms with Crippen molar-refractivity contribution in [3.05, 3.63) is 40.4 Å². The number of halogens is 1. The van der Waals surface area contributed by atoms with E-state index >= 15 is 0 Å². The van der Waals surface area contributed by atoms with Crippen molar-refractivity contribution in [2.45, 2.75) is 17.8 Å². The summed E-state index contributed by atoms with van der Waals surface area (Å²) in [5, 5.41) is 4.10. The average Bonchev–Trinajstić information content (AvgIpc) is 2.87. The van der Waals surface area contributed by atoms with Crippen LogP contribution < -0.4 is 0 Å². The standard InChI is InChI=1S/C12H9ClN4S2/c1-7-4-14-12(15-5-7)19-6-9-16-10(13)8-2-3-18-11(8)17-9/h2-5H,6H2,1H3. The Kier molecular flexibility index (Phi) is 3.63. The molecule has 0 spiro atoms. The van der Waals surface area contributed by atoms with Gasteiger partial charge in [-0.1, -0.05) is 23.4 Å². The van der Waals surface area contributed by atoms with Gasteiger partial charge in [0, 0.05) is 17.8 Å². The van der Waals surface area contributed by atoms with Crippen LogP contribution >= 0.6 is 34.7 Å². The van der Waals surface area contributed by atoms with Crippen LogP contribution in [0.15, 0.2) is 29.0 Å². The maximum atomic E-state index is 6.12. The number of aryl methyl sites for hydroxylation is 1. The molecule has 3 aromatic rings. The van der Waals surface area contributed by atoms with Crippen LogP contribution in [0.2, 0.25) is 5.15 Å². The lowest BCUT2D eigenvalue weighted by atomic mass is 10.4. The van der Waals surface area contributed by atoms with Crippen molar-refractivity contribution in [2.24, 2.45) is 0 Å². The third-order valence-corrected chi connectivity index (χ3v) is 4.38. The number of fused-ring (bicyclic) bond motifs is 1. The van der Waals surface area contributed by atoms with E-state index in [9.17, 15) is 0 Å². The van der Waals surface area contributed by atoms with Crippen LogP contribution in [0.25, 0.3) is 10.2 Å². The van der Waals surface area contributed by atoms with Crippen LogP contribution in [-0.2, 0) is 5.75 Å². The van der Waals surface area contributed by atoms with Gasteiger partial charge in [-0.25, -0.2) is 19.9 Å². The highest BCUT2D eigenvalue weighted by Gasteiger charge is 2.08. The van der Waals surface area contributed by atoms with E-state index in [1.54, 1.807) is 23.7 Å². The van der Waals surface area contributed by atoms with E-state index in [-0.39, 0.29) is 0 Å². The van der Waals surface area contributed by atoms with Gasteiger partial charge in [-0.2, -0.15) is 0 Å². The highest BCUT2D eigenvalue weighted by molar-refractivity contribution is 7.98. The summed E-state index contributed by atoms with van der Waals surface area (Å²) in [6.45, 7) is 1.96. The third kappa shape index (κ3) is 2.86. The van der Waals surface area contributed by atoms with Crippen molar-refractivity contribution in [1.82, 2.24) is 19.9 Å². The Morgan fingerprint density at radius 2 is 2.05 bits per heavy atom. The minimum atomic E-state index is 0.506. The molecule has 0 saturated heterocycles. The van der Waals surface area contributed by atoms with Gasteiger partial charge in [0.25, 0.3) is 0 Å². The monoisotopic (exact) mass is 308 g/mol. The molecule has 7 heteroatoms. The van der Waals surface area contributed by atoms with Crippen LogP contribution in [-0.4, -0.2) is 19.9 Å². The summed E-state index contributed by atoms with van der Waals surface area (Å²) in [5.41, 5.74) is 1.05. The maximum Gasteiger partial charge on any atom is 0.187 e. The molecule has 19 heavy (non-hydrogen) atoms. The number of thioether (sulfide) groups is 1. The van der Waals surface area contributed by atoms with E-state index < -0.39 is 0 Å².